The second kappa shape index (κ2) is 7.64. The first kappa shape index (κ1) is 15.3. The number of amides is 1. The van der Waals surface area contributed by atoms with E-state index in [9.17, 15) is 4.79 Å². The molecule has 0 aliphatic rings. The number of halogens is 1. The number of anilines is 1. The Labute approximate surface area is 129 Å². The second-order valence-electron chi connectivity index (χ2n) is 4.53. The van der Waals surface area contributed by atoms with Gasteiger partial charge in [0.1, 0.15) is 16.7 Å². The highest BCUT2D eigenvalue weighted by Gasteiger charge is 2.07. The molecule has 0 aliphatic heterocycles. The van der Waals surface area contributed by atoms with Gasteiger partial charge in [-0.2, -0.15) is 0 Å². The fourth-order valence-corrected chi connectivity index (χ4v) is 1.87. The van der Waals surface area contributed by atoms with Crippen LogP contribution in [0.15, 0.2) is 42.5 Å². The van der Waals surface area contributed by atoms with E-state index in [1.807, 2.05) is 0 Å². The van der Waals surface area contributed by atoms with E-state index < -0.39 is 0 Å². The predicted octanol–water partition coefficient (Wildman–Crippen LogP) is 4.17. The van der Waals surface area contributed by atoms with Crippen LogP contribution in [0.5, 0.6) is 5.75 Å². The number of unbranched alkanes of at least 4 members (excludes halogenated alkanes) is 1. The molecular formula is C16H17ClN2O2. The van der Waals surface area contributed by atoms with Gasteiger partial charge in [0.05, 0.1) is 6.61 Å². The lowest BCUT2D eigenvalue weighted by Gasteiger charge is -2.07. The number of pyridine rings is 1. The van der Waals surface area contributed by atoms with Crippen molar-refractivity contribution >= 4 is 23.3 Å². The van der Waals surface area contributed by atoms with E-state index in [1.165, 1.54) is 0 Å². The summed E-state index contributed by atoms with van der Waals surface area (Å²) in [6.45, 7) is 2.80. The Kier molecular flexibility index (Phi) is 5.58. The van der Waals surface area contributed by atoms with Gasteiger partial charge in [-0.05, 0) is 42.8 Å². The summed E-state index contributed by atoms with van der Waals surface area (Å²) >= 11 is 5.78. The van der Waals surface area contributed by atoms with Gasteiger partial charge in [-0.25, -0.2) is 4.98 Å². The number of benzene rings is 1. The summed E-state index contributed by atoms with van der Waals surface area (Å²) in [6, 6.07) is 12.1. The lowest BCUT2D eigenvalue weighted by molar-refractivity contribution is 0.102. The number of ether oxygens (including phenoxy) is 1. The van der Waals surface area contributed by atoms with Crippen LogP contribution in [0.25, 0.3) is 0 Å². The molecule has 2 rings (SSSR count). The largest absolute Gasteiger partial charge is 0.494 e. The van der Waals surface area contributed by atoms with Crippen LogP contribution in [-0.2, 0) is 0 Å². The minimum Gasteiger partial charge on any atom is -0.494 e. The second-order valence-corrected chi connectivity index (χ2v) is 4.91. The van der Waals surface area contributed by atoms with Crippen molar-refractivity contribution < 1.29 is 9.53 Å². The smallest absolute Gasteiger partial charge is 0.256 e. The van der Waals surface area contributed by atoms with Crippen molar-refractivity contribution in [2.45, 2.75) is 19.8 Å². The Bertz CT molecular complexity index is 599. The summed E-state index contributed by atoms with van der Waals surface area (Å²) in [5.74, 6) is 0.960. The van der Waals surface area contributed by atoms with E-state index in [4.69, 9.17) is 16.3 Å². The third kappa shape index (κ3) is 4.76. The Hall–Kier alpha value is -2.07. The molecule has 1 amide bonds. The van der Waals surface area contributed by atoms with Crippen molar-refractivity contribution in [1.29, 1.82) is 0 Å². The van der Waals surface area contributed by atoms with Crippen molar-refractivity contribution in [3.05, 3.63) is 53.2 Å². The Balaban J connectivity index is 1.96. The number of hydrogen-bond acceptors (Lipinski definition) is 3. The van der Waals surface area contributed by atoms with Gasteiger partial charge >= 0.3 is 0 Å². The van der Waals surface area contributed by atoms with Crippen molar-refractivity contribution in [1.82, 2.24) is 4.98 Å². The van der Waals surface area contributed by atoms with Gasteiger partial charge in [0, 0.05) is 5.56 Å². The van der Waals surface area contributed by atoms with Gasteiger partial charge in [0.25, 0.3) is 5.91 Å². The minimum atomic E-state index is -0.232. The maximum atomic E-state index is 12.1. The lowest BCUT2D eigenvalue weighted by Crippen LogP contribution is -2.12. The van der Waals surface area contributed by atoms with E-state index in [-0.39, 0.29) is 5.91 Å². The number of rotatable bonds is 6. The van der Waals surface area contributed by atoms with Crippen LogP contribution in [0.1, 0.15) is 30.1 Å². The summed E-state index contributed by atoms with van der Waals surface area (Å²) in [6.07, 6.45) is 2.11. The lowest BCUT2D eigenvalue weighted by atomic mass is 10.2. The highest BCUT2D eigenvalue weighted by atomic mass is 35.5. The molecule has 0 bridgehead atoms. The molecule has 2 aromatic rings. The minimum absolute atomic E-state index is 0.232. The highest BCUT2D eigenvalue weighted by molar-refractivity contribution is 6.29. The first-order chi connectivity index (χ1) is 10.2. The molecule has 1 N–H and O–H groups in total. The molecule has 110 valence electrons. The molecule has 0 atom stereocenters. The number of aromatic nitrogens is 1. The zero-order chi connectivity index (χ0) is 15.1. The Morgan fingerprint density at radius 2 is 2.00 bits per heavy atom. The first-order valence-corrected chi connectivity index (χ1v) is 7.23. The molecule has 0 radical (unpaired) electrons. The van der Waals surface area contributed by atoms with E-state index in [1.54, 1.807) is 42.5 Å². The first-order valence-electron chi connectivity index (χ1n) is 6.86. The number of nitrogens with zero attached hydrogens (tertiary/aromatic N) is 1. The van der Waals surface area contributed by atoms with Gasteiger partial charge in [-0.15, -0.1) is 0 Å². The van der Waals surface area contributed by atoms with Crippen molar-refractivity contribution in [3.63, 3.8) is 0 Å². The summed E-state index contributed by atoms with van der Waals surface area (Å²) in [5, 5.41) is 3.04. The van der Waals surface area contributed by atoms with E-state index in [2.05, 4.69) is 17.2 Å². The van der Waals surface area contributed by atoms with Gasteiger partial charge in [-0.1, -0.05) is 31.0 Å². The Morgan fingerprint density at radius 1 is 1.24 bits per heavy atom. The molecule has 0 aliphatic carbocycles. The maximum Gasteiger partial charge on any atom is 0.256 e. The van der Waals surface area contributed by atoms with Gasteiger partial charge in [-0.3, -0.25) is 4.79 Å². The molecule has 21 heavy (non-hydrogen) atoms. The van der Waals surface area contributed by atoms with Crippen LogP contribution in [0, 0.1) is 0 Å². The normalized spacial score (nSPS) is 10.2. The van der Waals surface area contributed by atoms with Crippen molar-refractivity contribution in [2.24, 2.45) is 0 Å². The average Bonchev–Trinajstić information content (AvgIpc) is 2.48. The van der Waals surface area contributed by atoms with Crippen LogP contribution >= 0.6 is 11.6 Å². The fraction of sp³-hybridized carbons (Fsp3) is 0.250. The van der Waals surface area contributed by atoms with Gasteiger partial charge < -0.3 is 10.1 Å². The zero-order valence-corrected chi connectivity index (χ0v) is 12.6. The van der Waals surface area contributed by atoms with Crippen LogP contribution < -0.4 is 10.1 Å². The zero-order valence-electron chi connectivity index (χ0n) is 11.8. The van der Waals surface area contributed by atoms with Crippen molar-refractivity contribution in [2.75, 3.05) is 11.9 Å². The van der Waals surface area contributed by atoms with Crippen LogP contribution in [-0.4, -0.2) is 17.5 Å². The molecule has 0 unspecified atom stereocenters. The van der Waals surface area contributed by atoms with Gasteiger partial charge in [0.2, 0.25) is 0 Å². The highest BCUT2D eigenvalue weighted by Crippen LogP contribution is 2.15. The number of nitrogens with one attached hydrogen (secondary N) is 1. The third-order valence-electron chi connectivity index (χ3n) is 2.84. The summed E-state index contributed by atoms with van der Waals surface area (Å²) in [5.41, 5.74) is 0.541. The van der Waals surface area contributed by atoms with E-state index in [0.717, 1.165) is 18.6 Å². The Morgan fingerprint density at radius 3 is 2.67 bits per heavy atom. The maximum absolute atomic E-state index is 12.1. The van der Waals surface area contributed by atoms with Crippen molar-refractivity contribution in [3.8, 4) is 5.75 Å². The monoisotopic (exact) mass is 304 g/mol. The topological polar surface area (TPSA) is 51.2 Å². The average molecular weight is 305 g/mol. The molecule has 5 heteroatoms. The predicted molar refractivity (Wildman–Crippen MR) is 84.0 cm³/mol. The quantitative estimate of drug-likeness (QED) is 0.644. The summed E-state index contributed by atoms with van der Waals surface area (Å²) < 4.78 is 5.55. The molecule has 0 saturated heterocycles. The molecule has 0 fully saturated rings. The third-order valence-corrected chi connectivity index (χ3v) is 3.05. The van der Waals surface area contributed by atoms with Crippen LogP contribution in [0.4, 0.5) is 5.82 Å². The number of carbonyl (C=O) groups excluding carboxylic acids is 1. The standard InChI is InChI=1S/C16H17ClN2O2/c1-2-3-11-21-13-9-7-12(8-10-13)16(20)19-15-6-4-5-14(17)18-15/h4-10H,2-3,11H2,1H3,(H,18,19,20). The molecule has 1 aromatic heterocycles. The van der Waals surface area contributed by atoms with Gasteiger partial charge in [0.15, 0.2) is 0 Å². The summed E-state index contributed by atoms with van der Waals surface area (Å²) in [4.78, 5) is 16.1. The summed E-state index contributed by atoms with van der Waals surface area (Å²) in [7, 11) is 0. The van der Waals surface area contributed by atoms with E-state index in [0.29, 0.717) is 23.1 Å². The molecular weight excluding hydrogens is 288 g/mol. The molecule has 0 spiro atoms. The molecule has 4 nitrogen and oxygen atoms in total. The molecule has 1 heterocycles. The number of carbonyl (C=O) groups is 1. The SMILES string of the molecule is CCCCOc1ccc(C(=O)Nc2cccc(Cl)n2)cc1. The molecule has 1 aromatic carbocycles. The van der Waals surface area contributed by atoms with Crippen LogP contribution in [0.2, 0.25) is 5.15 Å². The number of hydrogen-bond donors (Lipinski definition) is 1. The molecule has 0 saturated carbocycles. The van der Waals surface area contributed by atoms with E-state index >= 15 is 0 Å². The fourth-order valence-electron chi connectivity index (χ4n) is 1.70. The van der Waals surface area contributed by atoms with Crippen LogP contribution in [0.3, 0.4) is 0 Å².